The summed E-state index contributed by atoms with van der Waals surface area (Å²) in [5, 5.41) is 2.87. The Bertz CT molecular complexity index is 1050. The van der Waals surface area contributed by atoms with Gasteiger partial charge in [-0.15, -0.1) is 0 Å². The molecule has 35 heavy (non-hydrogen) atoms. The van der Waals surface area contributed by atoms with Crippen LogP contribution in [0.5, 0.6) is 0 Å². The van der Waals surface area contributed by atoms with Crippen LogP contribution in [0.3, 0.4) is 0 Å². The Labute approximate surface area is 205 Å². The molecule has 2 aromatic rings. The van der Waals surface area contributed by atoms with E-state index >= 15 is 0 Å². The van der Waals surface area contributed by atoms with Crippen molar-refractivity contribution >= 4 is 24.3 Å². The fourth-order valence-electron chi connectivity index (χ4n) is 5.43. The Morgan fingerprint density at radius 1 is 1.23 bits per heavy atom. The van der Waals surface area contributed by atoms with Gasteiger partial charge in [0, 0.05) is 12.4 Å². The molecule has 1 aromatic carbocycles. The maximum absolute atomic E-state index is 13.8. The largest absolute Gasteiger partial charge is 0.611 e. The van der Waals surface area contributed by atoms with Gasteiger partial charge < -0.3 is 19.4 Å². The van der Waals surface area contributed by atoms with E-state index in [1.54, 1.807) is 0 Å². The lowest BCUT2D eigenvalue weighted by molar-refractivity contribution is -0.807. The van der Waals surface area contributed by atoms with Crippen molar-refractivity contribution in [1.82, 2.24) is 15.3 Å². The second-order valence-electron chi connectivity index (χ2n) is 10.1. The molecule has 1 aromatic heterocycles. The Morgan fingerprint density at radius 3 is 2.69 bits per heavy atom. The van der Waals surface area contributed by atoms with Gasteiger partial charge in [-0.3, -0.25) is 19.4 Å². The molecule has 0 spiro atoms. The van der Waals surface area contributed by atoms with E-state index in [0.717, 1.165) is 10.4 Å². The number of benzene rings is 1. The molecule has 2 aliphatic rings. The van der Waals surface area contributed by atoms with Crippen LogP contribution in [0.2, 0.25) is 5.82 Å². The van der Waals surface area contributed by atoms with E-state index in [2.05, 4.69) is 29.1 Å². The van der Waals surface area contributed by atoms with Crippen LogP contribution in [0.4, 0.5) is 0 Å². The van der Waals surface area contributed by atoms with Crippen molar-refractivity contribution in [2.24, 2.45) is 5.92 Å². The first kappa shape index (κ1) is 25.0. The molecule has 0 aliphatic carbocycles. The molecule has 2 N–H and O–H groups in total. The van der Waals surface area contributed by atoms with Crippen LogP contribution < -0.4 is 10.1 Å². The third kappa shape index (κ3) is 5.60. The minimum atomic E-state index is -1.99. The zero-order valence-electron chi connectivity index (χ0n) is 20.5. The summed E-state index contributed by atoms with van der Waals surface area (Å²) >= 11 is 0. The van der Waals surface area contributed by atoms with Crippen LogP contribution in [-0.4, -0.2) is 59.5 Å². The van der Waals surface area contributed by atoms with Gasteiger partial charge in [-0.05, 0) is 37.1 Å². The number of fused-ring (bicyclic) bond motifs is 1. The summed E-state index contributed by atoms with van der Waals surface area (Å²) in [6.07, 6.45) is 5.45. The van der Waals surface area contributed by atoms with Crippen LogP contribution in [0.1, 0.15) is 49.7 Å². The number of nitrogens with zero attached hydrogens (tertiary/aromatic N) is 2. The van der Waals surface area contributed by atoms with Crippen LogP contribution in [-0.2, 0) is 25.3 Å². The van der Waals surface area contributed by atoms with E-state index in [9.17, 15) is 14.4 Å². The summed E-state index contributed by atoms with van der Waals surface area (Å²) in [5.74, 6) is -0.879. The highest BCUT2D eigenvalue weighted by molar-refractivity contribution is 6.64. The van der Waals surface area contributed by atoms with Gasteiger partial charge in [0.05, 0.1) is 24.9 Å². The monoisotopic (exact) mass is 480 g/mol. The number of amides is 1. The van der Waals surface area contributed by atoms with Crippen molar-refractivity contribution in [2.75, 3.05) is 13.2 Å². The highest BCUT2D eigenvalue weighted by Gasteiger charge is 2.61. The number of aromatic nitrogens is 2. The molecule has 2 saturated heterocycles. The quantitative estimate of drug-likeness (QED) is 0.488. The van der Waals surface area contributed by atoms with Crippen molar-refractivity contribution in [3.63, 3.8) is 0 Å². The number of rotatable bonds is 10. The number of quaternary nitrogens is 1. The summed E-state index contributed by atoms with van der Waals surface area (Å²) in [6.45, 7) is 4.94. The maximum atomic E-state index is 13.8. The number of carbonyl (C=O) groups is 3. The summed E-state index contributed by atoms with van der Waals surface area (Å²) < 4.78 is 12.0. The topological polar surface area (TPSA) is 112 Å². The van der Waals surface area contributed by atoms with E-state index in [1.165, 1.54) is 18.6 Å². The molecule has 186 valence electrons. The lowest BCUT2D eigenvalue weighted by Gasteiger charge is -2.39. The van der Waals surface area contributed by atoms with Gasteiger partial charge >= 0.3 is 12.7 Å². The molecule has 0 saturated carbocycles. The first-order chi connectivity index (χ1) is 16.8. The Hall–Kier alpha value is -3.11. The minimum absolute atomic E-state index is 0.114. The molecule has 1 amide bonds. The Balaban J connectivity index is 1.58. The van der Waals surface area contributed by atoms with Crippen molar-refractivity contribution < 1.29 is 28.5 Å². The first-order valence-electron chi connectivity index (χ1n) is 12.3. The van der Waals surface area contributed by atoms with Crippen molar-refractivity contribution in [3.05, 3.63) is 60.2 Å². The van der Waals surface area contributed by atoms with Crippen LogP contribution in [0, 0.1) is 5.92 Å². The maximum Gasteiger partial charge on any atom is 0.530 e. The smallest absolute Gasteiger partial charge is 0.530 e. The van der Waals surface area contributed by atoms with E-state index in [1.807, 2.05) is 37.3 Å². The van der Waals surface area contributed by atoms with Gasteiger partial charge in [0.1, 0.15) is 12.2 Å². The first-order valence-corrected chi connectivity index (χ1v) is 12.3. The summed E-state index contributed by atoms with van der Waals surface area (Å²) in [5.41, 5.74) is 1.08. The van der Waals surface area contributed by atoms with E-state index in [4.69, 9.17) is 9.31 Å². The van der Waals surface area contributed by atoms with Crippen LogP contribution in [0.25, 0.3) is 0 Å². The molecule has 4 rings (SSSR count). The number of hydrogen-bond donors (Lipinski definition) is 2. The molecule has 2 fully saturated rings. The number of Topliss-reactive ketones (excluding diaryl/α,β-unsaturated/α-hetero) is 1. The third-order valence-corrected chi connectivity index (χ3v) is 7.03. The summed E-state index contributed by atoms with van der Waals surface area (Å²) in [7, 11) is 0. The van der Waals surface area contributed by atoms with Gasteiger partial charge in [-0.2, -0.15) is 0 Å². The molecule has 0 bridgehead atoms. The molecular formula is C25H33BN4O5. The molecule has 5 atom stereocenters. The van der Waals surface area contributed by atoms with Crippen molar-refractivity contribution in [2.45, 2.75) is 57.9 Å². The standard InChI is InChI=1S/C25H33BN4O5/c1-17(2)11-20(26-30(15-24(32)35-26)18(3)16-34-26)13-23(31)21(12-19-7-5-4-6-8-19)29-25(33)22-14-27-9-10-28-22/h4-10,14,17-18,20-21,30H,11-13,15-16H2,1-3H3,(H,29,33)/t18-,20+,21-,26?/m0/s1. The lowest BCUT2D eigenvalue weighted by atomic mass is 9.53. The molecule has 2 aliphatic heterocycles. The molecule has 10 heteroatoms. The highest BCUT2D eigenvalue weighted by Crippen LogP contribution is 2.35. The second kappa shape index (κ2) is 10.7. The lowest BCUT2D eigenvalue weighted by Crippen LogP contribution is -3.22. The fourth-order valence-corrected chi connectivity index (χ4v) is 5.43. The molecular weight excluding hydrogens is 447 g/mol. The molecule has 0 radical (unpaired) electrons. The van der Waals surface area contributed by atoms with Crippen molar-refractivity contribution in [1.29, 1.82) is 0 Å². The minimum Gasteiger partial charge on any atom is -0.611 e. The number of ketones is 1. The second-order valence-corrected chi connectivity index (χ2v) is 10.1. The fraction of sp³-hybridized carbons (Fsp3) is 0.480. The summed E-state index contributed by atoms with van der Waals surface area (Å²) in [6, 6.07) is 8.90. The average molecular weight is 480 g/mol. The normalized spacial score (nSPS) is 25.1. The summed E-state index contributed by atoms with van der Waals surface area (Å²) in [4.78, 5) is 47.9. The molecule has 9 nitrogen and oxygen atoms in total. The average Bonchev–Trinajstić information content (AvgIpc) is 3.34. The number of hydrogen-bond acceptors (Lipinski definition) is 7. The van der Waals surface area contributed by atoms with Gasteiger partial charge in [-0.25, -0.2) is 4.98 Å². The Morgan fingerprint density at radius 2 is 2.00 bits per heavy atom. The molecule has 2 unspecified atom stereocenters. The highest BCUT2D eigenvalue weighted by atomic mass is 16.7. The number of carbonyl (C=O) groups excluding carboxylic acids is 3. The van der Waals surface area contributed by atoms with Crippen LogP contribution in [0.15, 0.2) is 48.9 Å². The van der Waals surface area contributed by atoms with E-state index in [-0.39, 0.29) is 48.2 Å². The van der Waals surface area contributed by atoms with Gasteiger partial charge in [0.15, 0.2) is 5.78 Å². The molecule has 3 heterocycles. The van der Waals surface area contributed by atoms with Crippen LogP contribution >= 0.6 is 0 Å². The predicted octanol–water partition coefficient (Wildman–Crippen LogP) is 0.993. The van der Waals surface area contributed by atoms with Gasteiger partial charge in [0.2, 0.25) is 0 Å². The zero-order chi connectivity index (χ0) is 25.0. The zero-order valence-corrected chi connectivity index (χ0v) is 20.5. The SMILES string of the molecule is CC(C)C[C@H](CC(=O)[C@H](Cc1ccccc1)NC(=O)c1cnccn1)[B-]12OC[C@H](C)[NH+]1CC(=O)O2. The predicted molar refractivity (Wildman–Crippen MR) is 129 cm³/mol. The van der Waals surface area contributed by atoms with Gasteiger partial charge in [0.25, 0.3) is 5.91 Å². The van der Waals surface area contributed by atoms with E-state index < -0.39 is 18.6 Å². The van der Waals surface area contributed by atoms with Crippen molar-refractivity contribution in [3.8, 4) is 0 Å². The number of nitrogens with one attached hydrogen (secondary N) is 2. The van der Waals surface area contributed by atoms with Gasteiger partial charge in [-0.1, -0.05) is 50.6 Å². The Kier molecular flexibility index (Phi) is 7.61. The van der Waals surface area contributed by atoms with E-state index in [0.29, 0.717) is 19.4 Å². The third-order valence-electron chi connectivity index (χ3n) is 7.03.